The number of halogens is 2. The van der Waals surface area contributed by atoms with E-state index >= 15 is 0 Å². The van der Waals surface area contributed by atoms with Gasteiger partial charge in [0.05, 0.1) is 25.0 Å². The van der Waals surface area contributed by atoms with E-state index in [4.69, 9.17) is 21.1 Å². The van der Waals surface area contributed by atoms with Crippen molar-refractivity contribution in [2.24, 2.45) is 0 Å². The Morgan fingerprint density at radius 2 is 2.07 bits per heavy atom. The van der Waals surface area contributed by atoms with Crippen LogP contribution in [0.1, 0.15) is 16.8 Å². The van der Waals surface area contributed by atoms with E-state index in [9.17, 15) is 9.50 Å². The maximum atomic E-state index is 14.0. The highest BCUT2D eigenvalue weighted by Crippen LogP contribution is 2.34. The van der Waals surface area contributed by atoms with E-state index < -0.39 is 0 Å². The number of ether oxygens (including phenoxy) is 2. The first-order chi connectivity index (χ1) is 13.2. The Morgan fingerprint density at radius 3 is 2.89 bits per heavy atom. The molecule has 0 aliphatic carbocycles. The monoisotopic (exact) mass is 406 g/mol. The van der Waals surface area contributed by atoms with E-state index in [0.717, 1.165) is 11.3 Å². The maximum Gasteiger partial charge on any atom is 0.231 e. The van der Waals surface area contributed by atoms with E-state index in [-0.39, 0.29) is 19.2 Å². The molecule has 0 saturated carbocycles. The highest BCUT2D eigenvalue weighted by atomic mass is 35.5. The summed E-state index contributed by atoms with van der Waals surface area (Å²) in [5, 5.41) is 10.7. The normalized spacial score (nSPS) is 12.6. The highest BCUT2D eigenvalue weighted by molar-refractivity contribution is 7.98. The second kappa shape index (κ2) is 7.80. The molecule has 2 heterocycles. The quantitative estimate of drug-likeness (QED) is 0.620. The van der Waals surface area contributed by atoms with Gasteiger partial charge >= 0.3 is 0 Å². The van der Waals surface area contributed by atoms with Gasteiger partial charge in [0.15, 0.2) is 16.7 Å². The third kappa shape index (κ3) is 3.76. The van der Waals surface area contributed by atoms with Crippen LogP contribution in [0.5, 0.6) is 11.5 Å². The van der Waals surface area contributed by atoms with Crippen LogP contribution in [-0.2, 0) is 18.9 Å². The van der Waals surface area contributed by atoms with Crippen molar-refractivity contribution in [3.8, 4) is 11.5 Å². The largest absolute Gasteiger partial charge is 0.454 e. The minimum absolute atomic E-state index is 0.140. The van der Waals surface area contributed by atoms with E-state index in [1.54, 1.807) is 18.3 Å². The van der Waals surface area contributed by atoms with Gasteiger partial charge in [-0.15, -0.1) is 0 Å². The molecule has 5 nitrogen and oxygen atoms in total. The van der Waals surface area contributed by atoms with Crippen LogP contribution in [0.2, 0.25) is 5.02 Å². The molecule has 3 aromatic rings. The third-order valence-corrected chi connectivity index (χ3v) is 5.62. The van der Waals surface area contributed by atoms with Gasteiger partial charge in [-0.1, -0.05) is 35.5 Å². The van der Waals surface area contributed by atoms with Crippen LogP contribution in [0.15, 0.2) is 47.8 Å². The zero-order chi connectivity index (χ0) is 18.8. The summed E-state index contributed by atoms with van der Waals surface area (Å²) in [7, 11) is 0. The van der Waals surface area contributed by atoms with Crippen molar-refractivity contribution in [2.45, 2.75) is 24.1 Å². The van der Waals surface area contributed by atoms with E-state index in [1.165, 1.54) is 17.8 Å². The number of rotatable bonds is 6. The number of benzene rings is 2. The molecule has 0 atom stereocenters. The van der Waals surface area contributed by atoms with Gasteiger partial charge in [0.2, 0.25) is 6.79 Å². The fourth-order valence-corrected chi connectivity index (χ4v) is 4.17. The van der Waals surface area contributed by atoms with Crippen molar-refractivity contribution in [1.82, 2.24) is 9.55 Å². The van der Waals surface area contributed by atoms with E-state index in [0.29, 0.717) is 39.5 Å². The van der Waals surface area contributed by atoms with Gasteiger partial charge in [-0.05, 0) is 29.8 Å². The van der Waals surface area contributed by atoms with Crippen molar-refractivity contribution in [3.63, 3.8) is 0 Å². The number of aliphatic hydroxyl groups excluding tert-OH is 1. The number of nitrogens with zero attached hydrogens (tertiary/aromatic N) is 2. The predicted octanol–water partition coefficient (Wildman–Crippen LogP) is 4.24. The lowest BCUT2D eigenvalue weighted by molar-refractivity contribution is 0.174. The smallest absolute Gasteiger partial charge is 0.231 e. The first-order valence-corrected chi connectivity index (χ1v) is 9.61. The van der Waals surface area contributed by atoms with Crippen LogP contribution in [-0.4, -0.2) is 21.5 Å². The van der Waals surface area contributed by atoms with Gasteiger partial charge < -0.3 is 19.1 Å². The van der Waals surface area contributed by atoms with Crippen LogP contribution in [0.25, 0.3) is 0 Å². The molecular weight excluding hydrogens is 391 g/mol. The molecule has 0 bridgehead atoms. The van der Waals surface area contributed by atoms with Crippen molar-refractivity contribution in [1.29, 1.82) is 0 Å². The molecule has 0 amide bonds. The van der Waals surface area contributed by atoms with Crippen LogP contribution in [0, 0.1) is 5.82 Å². The number of hydrogen-bond donors (Lipinski definition) is 1. The number of fused-ring (bicyclic) bond motifs is 1. The maximum absolute atomic E-state index is 14.0. The molecule has 140 valence electrons. The fourth-order valence-electron chi connectivity index (χ4n) is 2.83. The van der Waals surface area contributed by atoms with Crippen LogP contribution in [0.3, 0.4) is 0 Å². The minimum Gasteiger partial charge on any atom is -0.454 e. The zero-order valence-corrected chi connectivity index (χ0v) is 15.8. The number of aliphatic hydroxyl groups is 1. The molecule has 0 saturated heterocycles. The highest BCUT2D eigenvalue weighted by Gasteiger charge is 2.16. The van der Waals surface area contributed by atoms with Gasteiger partial charge in [-0.3, -0.25) is 0 Å². The van der Waals surface area contributed by atoms with Gasteiger partial charge in [0, 0.05) is 16.3 Å². The zero-order valence-electron chi connectivity index (χ0n) is 14.2. The summed E-state index contributed by atoms with van der Waals surface area (Å²) in [5.74, 6) is 1.42. The van der Waals surface area contributed by atoms with E-state index in [1.807, 2.05) is 22.8 Å². The van der Waals surface area contributed by atoms with Crippen molar-refractivity contribution in [3.05, 3.63) is 70.3 Å². The first-order valence-electron chi connectivity index (χ1n) is 8.25. The number of thioether (sulfide) groups is 1. The molecule has 0 radical (unpaired) electrons. The molecule has 1 aliphatic rings. The van der Waals surface area contributed by atoms with Crippen molar-refractivity contribution in [2.75, 3.05) is 6.79 Å². The van der Waals surface area contributed by atoms with Crippen LogP contribution < -0.4 is 9.47 Å². The summed E-state index contributed by atoms with van der Waals surface area (Å²) in [4.78, 5) is 4.37. The fraction of sp³-hybridized carbons (Fsp3) is 0.211. The van der Waals surface area contributed by atoms with Crippen molar-refractivity contribution < 1.29 is 19.0 Å². The van der Waals surface area contributed by atoms with Crippen LogP contribution >= 0.6 is 23.4 Å². The standard InChI is InChI=1S/C19H16ClFN2O3S/c20-15-2-1-3-16(21)14(15)10-27-19-22-7-13(9-24)23(19)8-12-4-5-17-18(6-12)26-11-25-17/h1-7,24H,8-11H2. The molecule has 8 heteroatoms. The second-order valence-corrected chi connectivity index (χ2v) is 7.30. The molecule has 0 unspecified atom stereocenters. The van der Waals surface area contributed by atoms with E-state index in [2.05, 4.69) is 4.98 Å². The lowest BCUT2D eigenvalue weighted by atomic mass is 10.2. The van der Waals surface area contributed by atoms with Crippen molar-refractivity contribution >= 4 is 23.4 Å². The SMILES string of the molecule is OCc1cnc(SCc2c(F)cccc2Cl)n1Cc1ccc2c(c1)OCO2. The number of hydrogen-bond acceptors (Lipinski definition) is 5. The summed E-state index contributed by atoms with van der Waals surface area (Å²) >= 11 is 7.48. The Hall–Kier alpha value is -2.22. The molecule has 1 aromatic heterocycles. The summed E-state index contributed by atoms with van der Waals surface area (Å²) in [6.07, 6.45) is 1.62. The average molecular weight is 407 g/mol. The van der Waals surface area contributed by atoms with Gasteiger partial charge in [-0.25, -0.2) is 9.37 Å². The lowest BCUT2D eigenvalue weighted by Crippen LogP contribution is -2.06. The Balaban J connectivity index is 1.57. The summed E-state index contributed by atoms with van der Waals surface area (Å²) < 4.78 is 26.7. The topological polar surface area (TPSA) is 56.5 Å². The third-order valence-electron chi connectivity index (χ3n) is 4.25. The molecule has 0 spiro atoms. The summed E-state index contributed by atoms with van der Waals surface area (Å²) in [5.41, 5.74) is 2.10. The molecule has 4 rings (SSSR count). The average Bonchev–Trinajstić information content (AvgIpc) is 3.28. The summed E-state index contributed by atoms with van der Waals surface area (Å²) in [6.45, 7) is 0.578. The summed E-state index contributed by atoms with van der Waals surface area (Å²) in [6, 6.07) is 10.3. The Labute approximate surface area is 164 Å². The van der Waals surface area contributed by atoms with Gasteiger partial charge in [0.25, 0.3) is 0 Å². The molecule has 0 fully saturated rings. The molecule has 1 N–H and O–H groups in total. The second-order valence-electron chi connectivity index (χ2n) is 5.95. The predicted molar refractivity (Wildman–Crippen MR) is 101 cm³/mol. The van der Waals surface area contributed by atoms with Gasteiger partial charge in [0.1, 0.15) is 5.82 Å². The Bertz CT molecular complexity index is 959. The van der Waals surface area contributed by atoms with Crippen LogP contribution in [0.4, 0.5) is 4.39 Å². The Kier molecular flexibility index (Phi) is 5.24. The minimum atomic E-state index is -0.341. The number of imidazole rings is 1. The van der Waals surface area contributed by atoms with Gasteiger partial charge in [-0.2, -0.15) is 0 Å². The molecular formula is C19H16ClFN2O3S. The first kappa shape index (κ1) is 18.2. The molecule has 27 heavy (non-hydrogen) atoms. The molecule has 1 aliphatic heterocycles. The number of aromatic nitrogens is 2. The molecule has 2 aromatic carbocycles. The lowest BCUT2D eigenvalue weighted by Gasteiger charge is -2.12. The Morgan fingerprint density at radius 1 is 1.22 bits per heavy atom.